The SMILES string of the molecule is NCC#Cc1cccc(OCCSC2CCCC2)c1. The summed E-state index contributed by atoms with van der Waals surface area (Å²) in [4.78, 5) is 0. The summed E-state index contributed by atoms with van der Waals surface area (Å²) in [7, 11) is 0. The Balaban J connectivity index is 1.72. The molecule has 0 spiro atoms. The Morgan fingerprint density at radius 2 is 2.16 bits per heavy atom. The largest absolute Gasteiger partial charge is 0.493 e. The topological polar surface area (TPSA) is 35.2 Å². The molecule has 19 heavy (non-hydrogen) atoms. The predicted octanol–water partition coefficient (Wildman–Crippen LogP) is 3.05. The van der Waals surface area contributed by atoms with Gasteiger partial charge in [0.05, 0.1) is 13.2 Å². The van der Waals surface area contributed by atoms with E-state index < -0.39 is 0 Å². The highest BCUT2D eigenvalue weighted by atomic mass is 32.2. The van der Waals surface area contributed by atoms with Crippen LogP contribution in [0.25, 0.3) is 0 Å². The molecular weight excluding hydrogens is 254 g/mol. The van der Waals surface area contributed by atoms with Gasteiger partial charge in [0.25, 0.3) is 0 Å². The van der Waals surface area contributed by atoms with Gasteiger partial charge in [0.2, 0.25) is 0 Å². The molecule has 0 aromatic heterocycles. The lowest BCUT2D eigenvalue weighted by Gasteiger charge is -2.10. The lowest BCUT2D eigenvalue weighted by Crippen LogP contribution is -2.04. The smallest absolute Gasteiger partial charge is 0.120 e. The number of hydrogen-bond donors (Lipinski definition) is 1. The Labute approximate surface area is 120 Å². The van der Waals surface area contributed by atoms with Crippen molar-refractivity contribution in [3.05, 3.63) is 29.8 Å². The molecule has 1 aromatic carbocycles. The fourth-order valence-electron chi connectivity index (χ4n) is 2.25. The van der Waals surface area contributed by atoms with Gasteiger partial charge in [0.1, 0.15) is 5.75 Å². The summed E-state index contributed by atoms with van der Waals surface area (Å²) in [5.41, 5.74) is 6.33. The third-order valence-electron chi connectivity index (χ3n) is 3.18. The Hall–Kier alpha value is -1.11. The molecule has 0 radical (unpaired) electrons. The van der Waals surface area contributed by atoms with Crippen molar-refractivity contribution < 1.29 is 4.74 Å². The van der Waals surface area contributed by atoms with Gasteiger partial charge in [-0.3, -0.25) is 0 Å². The van der Waals surface area contributed by atoms with Gasteiger partial charge in [0, 0.05) is 16.6 Å². The minimum Gasteiger partial charge on any atom is -0.493 e. The van der Waals surface area contributed by atoms with Gasteiger partial charge in [-0.1, -0.05) is 30.7 Å². The molecule has 1 saturated carbocycles. The summed E-state index contributed by atoms with van der Waals surface area (Å²) in [5.74, 6) is 7.85. The molecule has 3 heteroatoms. The first kappa shape index (κ1) is 14.3. The maximum absolute atomic E-state index is 5.77. The molecule has 0 amide bonds. The molecule has 102 valence electrons. The monoisotopic (exact) mass is 275 g/mol. The van der Waals surface area contributed by atoms with Crippen molar-refractivity contribution in [2.75, 3.05) is 18.9 Å². The van der Waals surface area contributed by atoms with Crippen LogP contribution in [0, 0.1) is 11.8 Å². The van der Waals surface area contributed by atoms with Crippen molar-refractivity contribution in [2.24, 2.45) is 5.73 Å². The van der Waals surface area contributed by atoms with E-state index in [1.54, 1.807) is 0 Å². The van der Waals surface area contributed by atoms with Crippen LogP contribution in [0.5, 0.6) is 5.75 Å². The summed E-state index contributed by atoms with van der Waals surface area (Å²) in [5, 5.41) is 0.866. The zero-order valence-corrected chi connectivity index (χ0v) is 12.0. The summed E-state index contributed by atoms with van der Waals surface area (Å²) < 4.78 is 5.77. The second-order valence-electron chi connectivity index (χ2n) is 4.66. The van der Waals surface area contributed by atoms with Crippen LogP contribution >= 0.6 is 11.8 Å². The van der Waals surface area contributed by atoms with E-state index in [9.17, 15) is 0 Å². The van der Waals surface area contributed by atoms with Gasteiger partial charge in [-0.2, -0.15) is 11.8 Å². The maximum atomic E-state index is 5.77. The normalized spacial score (nSPS) is 15.0. The van der Waals surface area contributed by atoms with Crippen LogP contribution in [0.4, 0.5) is 0 Å². The van der Waals surface area contributed by atoms with Gasteiger partial charge in [-0.05, 0) is 31.0 Å². The fourth-order valence-corrected chi connectivity index (χ4v) is 3.43. The van der Waals surface area contributed by atoms with E-state index in [1.165, 1.54) is 25.7 Å². The summed E-state index contributed by atoms with van der Waals surface area (Å²) in [6.45, 7) is 1.16. The van der Waals surface area contributed by atoms with Crippen molar-refractivity contribution in [1.29, 1.82) is 0 Å². The molecule has 1 aromatic rings. The minimum absolute atomic E-state index is 0.392. The molecule has 0 aliphatic heterocycles. The molecule has 1 fully saturated rings. The fraction of sp³-hybridized carbons (Fsp3) is 0.500. The Morgan fingerprint density at radius 3 is 2.95 bits per heavy atom. The van der Waals surface area contributed by atoms with Gasteiger partial charge < -0.3 is 10.5 Å². The van der Waals surface area contributed by atoms with Crippen molar-refractivity contribution >= 4 is 11.8 Å². The Bertz CT molecular complexity index is 444. The Morgan fingerprint density at radius 1 is 1.32 bits per heavy atom. The van der Waals surface area contributed by atoms with E-state index in [0.29, 0.717) is 6.54 Å². The lowest BCUT2D eigenvalue weighted by molar-refractivity contribution is 0.343. The molecule has 0 bridgehead atoms. The van der Waals surface area contributed by atoms with Crippen LogP contribution in [0.2, 0.25) is 0 Å². The zero-order chi connectivity index (χ0) is 13.3. The van der Waals surface area contributed by atoms with Crippen LogP contribution in [-0.4, -0.2) is 24.2 Å². The second-order valence-corrected chi connectivity index (χ2v) is 6.07. The minimum atomic E-state index is 0.392. The number of nitrogens with two attached hydrogens (primary N) is 1. The first-order valence-electron chi connectivity index (χ1n) is 6.92. The van der Waals surface area contributed by atoms with E-state index >= 15 is 0 Å². The molecule has 1 aliphatic carbocycles. The highest BCUT2D eigenvalue weighted by molar-refractivity contribution is 7.99. The van der Waals surface area contributed by atoms with Gasteiger partial charge in [0.15, 0.2) is 0 Å². The lowest BCUT2D eigenvalue weighted by atomic mass is 10.2. The number of rotatable bonds is 5. The molecular formula is C16H21NOS. The molecule has 2 rings (SSSR count). The molecule has 0 saturated heterocycles. The second kappa shape index (κ2) is 8.14. The molecule has 0 unspecified atom stereocenters. The van der Waals surface area contributed by atoms with E-state index in [0.717, 1.165) is 28.9 Å². The van der Waals surface area contributed by atoms with Gasteiger partial charge in [-0.25, -0.2) is 0 Å². The first-order valence-corrected chi connectivity index (χ1v) is 7.97. The first-order chi connectivity index (χ1) is 9.38. The quantitative estimate of drug-likeness (QED) is 0.662. The van der Waals surface area contributed by atoms with Crippen LogP contribution in [0.3, 0.4) is 0 Å². The molecule has 1 aliphatic rings. The third kappa shape index (κ3) is 5.18. The van der Waals surface area contributed by atoms with Crippen molar-refractivity contribution in [2.45, 2.75) is 30.9 Å². The number of hydrogen-bond acceptors (Lipinski definition) is 3. The molecule has 0 heterocycles. The van der Waals surface area contributed by atoms with Crippen molar-refractivity contribution in [3.8, 4) is 17.6 Å². The highest BCUT2D eigenvalue weighted by Crippen LogP contribution is 2.29. The summed E-state index contributed by atoms with van der Waals surface area (Å²) in [6.07, 6.45) is 5.57. The molecule has 2 nitrogen and oxygen atoms in total. The Kier molecular flexibility index (Phi) is 6.13. The van der Waals surface area contributed by atoms with E-state index in [-0.39, 0.29) is 0 Å². The maximum Gasteiger partial charge on any atom is 0.120 e. The van der Waals surface area contributed by atoms with Crippen molar-refractivity contribution in [3.63, 3.8) is 0 Å². The average Bonchev–Trinajstić information content (AvgIpc) is 2.95. The zero-order valence-electron chi connectivity index (χ0n) is 11.2. The average molecular weight is 275 g/mol. The number of thioether (sulfide) groups is 1. The van der Waals surface area contributed by atoms with Gasteiger partial charge >= 0.3 is 0 Å². The molecule has 2 N–H and O–H groups in total. The van der Waals surface area contributed by atoms with Crippen LogP contribution in [0.1, 0.15) is 31.2 Å². The molecule has 0 atom stereocenters. The number of benzene rings is 1. The predicted molar refractivity (Wildman–Crippen MR) is 82.6 cm³/mol. The highest BCUT2D eigenvalue weighted by Gasteiger charge is 2.14. The summed E-state index contributed by atoms with van der Waals surface area (Å²) >= 11 is 2.05. The van der Waals surface area contributed by atoms with E-state index in [4.69, 9.17) is 10.5 Å². The standard InChI is InChI=1S/C16H21NOS/c17-10-4-6-14-5-3-7-15(13-14)18-11-12-19-16-8-1-2-9-16/h3,5,7,13,16H,1-2,8-12,17H2. The van der Waals surface area contributed by atoms with E-state index in [2.05, 4.69) is 23.6 Å². The van der Waals surface area contributed by atoms with Gasteiger partial charge in [-0.15, -0.1) is 0 Å². The van der Waals surface area contributed by atoms with Crippen LogP contribution in [0.15, 0.2) is 24.3 Å². The summed E-state index contributed by atoms with van der Waals surface area (Å²) in [6, 6.07) is 7.90. The number of ether oxygens (including phenoxy) is 1. The third-order valence-corrected chi connectivity index (χ3v) is 4.52. The van der Waals surface area contributed by atoms with Crippen molar-refractivity contribution in [1.82, 2.24) is 0 Å². The van der Waals surface area contributed by atoms with Crippen LogP contribution in [-0.2, 0) is 0 Å². The van der Waals surface area contributed by atoms with Crippen LogP contribution < -0.4 is 10.5 Å². The van der Waals surface area contributed by atoms with E-state index in [1.807, 2.05) is 24.3 Å².